The number of halogens is 3. The zero-order valence-electron chi connectivity index (χ0n) is 20.0. The molecule has 3 N–H and O–H groups in total. The number of alkyl halides is 3. The molecule has 3 aromatic heterocycles. The van der Waals surface area contributed by atoms with Crippen LogP contribution in [0, 0.1) is 0 Å². The van der Waals surface area contributed by atoms with Gasteiger partial charge in [0, 0.05) is 6.04 Å². The highest BCUT2D eigenvalue weighted by Crippen LogP contribution is 2.39. The van der Waals surface area contributed by atoms with Crippen LogP contribution in [0.4, 0.5) is 13.2 Å². The van der Waals surface area contributed by atoms with Crippen molar-refractivity contribution in [3.8, 4) is 28.3 Å². The molecule has 10 nitrogen and oxygen atoms in total. The van der Waals surface area contributed by atoms with Crippen LogP contribution in [0.5, 0.6) is 5.75 Å². The second-order valence-electron chi connectivity index (χ2n) is 8.41. The lowest BCUT2D eigenvalue weighted by atomic mass is 10.1. The smallest absolute Gasteiger partial charge is 0.433 e. The molecule has 0 aliphatic heterocycles. The Bertz CT molecular complexity index is 1720. The molecule has 5 rings (SSSR count). The monoisotopic (exact) mass is 527 g/mol. The topological polar surface area (TPSA) is 135 Å². The second kappa shape index (κ2) is 9.34. The van der Waals surface area contributed by atoms with E-state index in [0.717, 1.165) is 0 Å². The first kappa shape index (κ1) is 25.0. The molecule has 0 aliphatic carbocycles. The largest absolute Gasteiger partial charge is 0.494 e. The number of nitrogens with one attached hydrogen (secondary N) is 2. The first-order chi connectivity index (χ1) is 18.1. The highest BCUT2D eigenvalue weighted by atomic mass is 19.4. The molecular weight excluding hydrogens is 507 g/mol. The minimum Gasteiger partial charge on any atom is -0.494 e. The van der Waals surface area contributed by atoms with E-state index in [1.54, 1.807) is 24.3 Å². The van der Waals surface area contributed by atoms with Gasteiger partial charge in [0.1, 0.15) is 22.7 Å². The van der Waals surface area contributed by atoms with Gasteiger partial charge in [0.15, 0.2) is 16.7 Å². The number of benzene rings is 2. The maximum Gasteiger partial charge on any atom is 0.433 e. The average Bonchev–Trinajstić information content (AvgIpc) is 3.51. The van der Waals surface area contributed by atoms with Gasteiger partial charge in [0.05, 0.1) is 19.3 Å². The van der Waals surface area contributed by atoms with Crippen LogP contribution in [0.1, 0.15) is 23.1 Å². The van der Waals surface area contributed by atoms with Crippen LogP contribution in [0.3, 0.4) is 0 Å². The first-order valence-corrected chi connectivity index (χ1v) is 11.3. The maximum absolute atomic E-state index is 14.1. The fourth-order valence-electron chi connectivity index (χ4n) is 4.05. The number of rotatable bonds is 6. The van der Waals surface area contributed by atoms with Crippen molar-refractivity contribution in [1.29, 1.82) is 0 Å². The van der Waals surface area contributed by atoms with Crippen molar-refractivity contribution in [2.24, 2.45) is 0 Å². The number of ether oxygens (including phenoxy) is 1. The number of carbonyl (C=O) groups excluding carboxylic acids is 1. The van der Waals surface area contributed by atoms with Gasteiger partial charge in [-0.2, -0.15) is 17.7 Å². The van der Waals surface area contributed by atoms with E-state index in [2.05, 4.69) is 20.4 Å². The van der Waals surface area contributed by atoms with E-state index in [1.165, 1.54) is 38.3 Å². The number of aromatic amines is 1. The molecule has 3 heterocycles. The van der Waals surface area contributed by atoms with Gasteiger partial charge in [-0.1, -0.05) is 36.4 Å². The predicted molar refractivity (Wildman–Crippen MR) is 130 cm³/mol. The van der Waals surface area contributed by atoms with Gasteiger partial charge in [-0.25, -0.2) is 9.97 Å². The minimum atomic E-state index is -4.88. The lowest BCUT2D eigenvalue weighted by molar-refractivity contribution is -0.140. The maximum atomic E-state index is 14.1. The van der Waals surface area contributed by atoms with Crippen LogP contribution in [-0.2, 0) is 6.18 Å². The summed E-state index contributed by atoms with van der Waals surface area (Å²) < 4.78 is 53.9. The molecule has 13 heteroatoms. The number of amides is 1. The van der Waals surface area contributed by atoms with Crippen LogP contribution in [0.15, 0.2) is 57.7 Å². The molecule has 1 amide bonds. The number of oxazole rings is 1. The third-order valence-corrected chi connectivity index (χ3v) is 5.81. The minimum absolute atomic E-state index is 0.125. The van der Waals surface area contributed by atoms with Gasteiger partial charge >= 0.3 is 6.18 Å². The molecule has 1 atom stereocenters. The molecule has 0 fully saturated rings. The van der Waals surface area contributed by atoms with Crippen molar-refractivity contribution in [3.63, 3.8) is 0 Å². The first-order valence-electron chi connectivity index (χ1n) is 11.3. The summed E-state index contributed by atoms with van der Waals surface area (Å²) in [5, 5.41) is 14.0. The highest BCUT2D eigenvalue weighted by Gasteiger charge is 2.39. The highest BCUT2D eigenvalue weighted by molar-refractivity contribution is 6.00. The van der Waals surface area contributed by atoms with E-state index in [4.69, 9.17) is 9.15 Å². The van der Waals surface area contributed by atoms with Crippen molar-refractivity contribution in [3.05, 3.63) is 70.3 Å². The van der Waals surface area contributed by atoms with Gasteiger partial charge < -0.3 is 19.6 Å². The van der Waals surface area contributed by atoms with Crippen LogP contribution in [-0.4, -0.2) is 50.4 Å². The summed E-state index contributed by atoms with van der Waals surface area (Å²) in [6.07, 6.45) is -4.88. The fraction of sp³-hybridized carbons (Fsp3) is 0.200. The molecule has 0 radical (unpaired) electrons. The Morgan fingerprint density at radius 3 is 2.55 bits per heavy atom. The van der Waals surface area contributed by atoms with Crippen molar-refractivity contribution in [1.82, 2.24) is 24.9 Å². The van der Waals surface area contributed by atoms with Gasteiger partial charge in [-0.15, -0.1) is 0 Å². The summed E-state index contributed by atoms with van der Waals surface area (Å²) in [7, 11) is 1.41. The summed E-state index contributed by atoms with van der Waals surface area (Å²) in [6, 6.07) is 11.6. The normalized spacial score (nSPS) is 12.7. The van der Waals surface area contributed by atoms with Gasteiger partial charge in [0.2, 0.25) is 5.89 Å². The van der Waals surface area contributed by atoms with Crippen LogP contribution < -0.4 is 15.6 Å². The number of nitrogens with zero attached hydrogens (tertiary/aromatic N) is 3. The zero-order chi connectivity index (χ0) is 27.2. The molecule has 196 valence electrons. The lowest BCUT2D eigenvalue weighted by Gasteiger charge is -2.12. The summed E-state index contributed by atoms with van der Waals surface area (Å²) in [6.45, 7) is 1.07. The number of aliphatic hydroxyl groups is 1. The molecule has 0 saturated heterocycles. The summed E-state index contributed by atoms with van der Waals surface area (Å²) in [5.41, 5.74) is -3.53. The number of fused-ring (bicyclic) bond motifs is 2. The number of para-hydroxylation sites is 1. The Labute approximate surface area is 211 Å². The number of H-pyrrole nitrogens is 1. The Hall–Kier alpha value is -4.65. The number of aromatic nitrogens is 4. The van der Waals surface area contributed by atoms with E-state index in [0.29, 0.717) is 10.3 Å². The van der Waals surface area contributed by atoms with E-state index >= 15 is 0 Å². The van der Waals surface area contributed by atoms with Crippen LogP contribution >= 0.6 is 0 Å². The lowest BCUT2D eigenvalue weighted by Crippen LogP contribution is -2.37. The molecular formula is C25H20F3N5O5. The van der Waals surface area contributed by atoms with E-state index in [1.807, 2.05) is 0 Å². The molecule has 0 aliphatic rings. The molecule has 0 spiro atoms. The predicted octanol–water partition coefficient (Wildman–Crippen LogP) is 3.64. The standard InChI is InChI=1S/C25H20F3N5O5/c1-12(11-34)29-22(35)19-17(23-31-18-14(37-2)9-6-10-15(18)38-23)24(36)33-21(30-19)16(13-7-4-3-5-8-13)20(32-33)25(26,27)28/h3-10,12,32,34H,11H2,1-2H3,(H,29,35). The third kappa shape index (κ3) is 4.16. The number of hydrogen-bond donors (Lipinski definition) is 3. The Balaban J connectivity index is 1.87. The number of methoxy groups -OCH3 is 1. The zero-order valence-corrected chi connectivity index (χ0v) is 20.0. The average molecular weight is 527 g/mol. The molecule has 0 bridgehead atoms. The van der Waals surface area contributed by atoms with Crippen LogP contribution in [0.25, 0.3) is 39.3 Å². The van der Waals surface area contributed by atoms with Gasteiger partial charge in [0.25, 0.3) is 11.5 Å². The molecule has 0 saturated carbocycles. The van der Waals surface area contributed by atoms with E-state index in [-0.39, 0.29) is 22.6 Å². The van der Waals surface area contributed by atoms with Crippen molar-refractivity contribution < 1.29 is 32.2 Å². The summed E-state index contributed by atoms with van der Waals surface area (Å²) >= 11 is 0. The van der Waals surface area contributed by atoms with E-state index in [9.17, 15) is 27.9 Å². The SMILES string of the molecule is COc1cccc2oc(-c3c(C(=O)NC(C)CO)nc4c(-c5ccccc5)c(C(F)(F)F)[nH]n4c3=O)nc12. The van der Waals surface area contributed by atoms with Crippen LogP contribution in [0.2, 0.25) is 0 Å². The summed E-state index contributed by atoms with van der Waals surface area (Å²) in [5.74, 6) is -0.941. The Morgan fingerprint density at radius 1 is 1.16 bits per heavy atom. The quantitative estimate of drug-likeness (QED) is 0.307. The molecule has 2 aromatic carbocycles. The van der Waals surface area contributed by atoms with Crippen molar-refractivity contribution in [2.75, 3.05) is 13.7 Å². The number of aliphatic hydroxyl groups excluding tert-OH is 1. The molecule has 5 aromatic rings. The second-order valence-corrected chi connectivity index (χ2v) is 8.41. The summed E-state index contributed by atoms with van der Waals surface area (Å²) in [4.78, 5) is 35.5. The van der Waals surface area contributed by atoms with Crippen molar-refractivity contribution in [2.45, 2.75) is 19.1 Å². The van der Waals surface area contributed by atoms with Gasteiger partial charge in [-0.3, -0.25) is 14.7 Å². The van der Waals surface area contributed by atoms with E-state index < -0.39 is 58.5 Å². The van der Waals surface area contributed by atoms with Gasteiger partial charge in [-0.05, 0) is 24.6 Å². The number of hydrogen-bond acceptors (Lipinski definition) is 7. The fourth-order valence-corrected chi connectivity index (χ4v) is 4.05. The molecule has 38 heavy (non-hydrogen) atoms. The van der Waals surface area contributed by atoms with Crippen molar-refractivity contribution >= 4 is 22.7 Å². The molecule has 1 unspecified atom stereocenters. The Morgan fingerprint density at radius 2 is 1.89 bits per heavy atom. The third-order valence-electron chi connectivity index (χ3n) is 5.81. The number of carbonyl (C=O) groups is 1. The Kier molecular flexibility index (Phi) is 6.15.